The summed E-state index contributed by atoms with van der Waals surface area (Å²) in [6.07, 6.45) is 3.25. The van der Waals surface area contributed by atoms with Gasteiger partial charge in [0.1, 0.15) is 5.71 Å². The standard InChI is InChI=1S/C35H27ClN6O4S/c1-2-3-7-22-10-12-23(13-11-22)30-21-47-35(37-30)41-34(44)32(31(40-41)24-14-17-27(18-15-24)42(45)46)39-38-29-19-16-26(36)20-28(29)33(43)25-8-5-4-6-9-25/h4-6,8-21,38H,2-3,7H2,1H3/b39-32-. The van der Waals surface area contributed by atoms with Crippen molar-refractivity contribution in [2.24, 2.45) is 10.2 Å². The molecule has 1 amide bonds. The zero-order chi connectivity index (χ0) is 32.9. The van der Waals surface area contributed by atoms with E-state index in [0.717, 1.165) is 24.8 Å². The molecule has 6 rings (SSSR count). The number of thiazole rings is 1. The number of aromatic nitrogens is 1. The van der Waals surface area contributed by atoms with E-state index < -0.39 is 10.8 Å². The van der Waals surface area contributed by atoms with Gasteiger partial charge < -0.3 is 0 Å². The maximum Gasteiger partial charge on any atom is 0.303 e. The number of rotatable bonds is 11. The lowest BCUT2D eigenvalue weighted by atomic mass is 10.0. The fourth-order valence-electron chi connectivity index (χ4n) is 4.94. The molecule has 47 heavy (non-hydrogen) atoms. The van der Waals surface area contributed by atoms with E-state index in [9.17, 15) is 19.7 Å². The molecule has 0 spiro atoms. The van der Waals surface area contributed by atoms with Crippen molar-refractivity contribution in [3.8, 4) is 11.3 Å². The van der Waals surface area contributed by atoms with Gasteiger partial charge in [0.25, 0.3) is 5.69 Å². The SMILES string of the molecule is CCCCc1ccc(-c2csc(N3N=C(c4ccc([N+](=O)[O-])cc4)/C(=N/Nc4ccc(Cl)cc4C(=O)c4ccccc4)C3=O)n2)cc1. The van der Waals surface area contributed by atoms with E-state index in [-0.39, 0.29) is 28.5 Å². The second-order valence-electron chi connectivity index (χ2n) is 10.6. The van der Waals surface area contributed by atoms with Crippen LogP contribution in [0, 0.1) is 10.1 Å². The first-order valence-corrected chi connectivity index (χ1v) is 16.0. The third-order valence-corrected chi connectivity index (χ3v) is 8.51. The van der Waals surface area contributed by atoms with Crippen molar-refractivity contribution in [1.82, 2.24) is 4.98 Å². The van der Waals surface area contributed by atoms with Crippen molar-refractivity contribution in [3.63, 3.8) is 0 Å². The highest BCUT2D eigenvalue weighted by Gasteiger charge is 2.36. The first-order chi connectivity index (χ1) is 22.8. The Bertz CT molecular complexity index is 2030. The average Bonchev–Trinajstić information content (AvgIpc) is 3.71. The number of carbonyl (C=O) groups is 2. The van der Waals surface area contributed by atoms with Gasteiger partial charge in [0.2, 0.25) is 5.13 Å². The molecule has 0 unspecified atom stereocenters. The minimum absolute atomic E-state index is 0.0658. The van der Waals surface area contributed by atoms with Crippen LogP contribution in [0.3, 0.4) is 0 Å². The Balaban J connectivity index is 1.34. The topological polar surface area (TPSA) is 130 Å². The van der Waals surface area contributed by atoms with Gasteiger partial charge >= 0.3 is 5.91 Å². The number of anilines is 2. The van der Waals surface area contributed by atoms with Crippen LogP contribution < -0.4 is 10.4 Å². The summed E-state index contributed by atoms with van der Waals surface area (Å²) in [6.45, 7) is 2.16. The number of nitrogens with zero attached hydrogens (tertiary/aromatic N) is 5. The van der Waals surface area contributed by atoms with Crippen LogP contribution in [0.2, 0.25) is 5.02 Å². The van der Waals surface area contributed by atoms with E-state index in [1.54, 1.807) is 36.4 Å². The van der Waals surface area contributed by atoms with Crippen LogP contribution in [0.5, 0.6) is 0 Å². The Labute approximate surface area is 279 Å². The maximum absolute atomic E-state index is 13.9. The Morgan fingerprint density at radius 3 is 2.43 bits per heavy atom. The largest absolute Gasteiger partial charge is 0.303 e. The molecule has 0 bridgehead atoms. The monoisotopic (exact) mass is 662 g/mol. The van der Waals surface area contributed by atoms with Gasteiger partial charge in [0.05, 0.1) is 16.3 Å². The number of amides is 1. The number of halogens is 1. The van der Waals surface area contributed by atoms with Crippen molar-refractivity contribution >= 4 is 62.6 Å². The highest BCUT2D eigenvalue weighted by atomic mass is 35.5. The van der Waals surface area contributed by atoms with Gasteiger partial charge in [-0.2, -0.15) is 15.2 Å². The Kier molecular flexibility index (Phi) is 9.28. The van der Waals surface area contributed by atoms with E-state index >= 15 is 0 Å². The molecule has 1 aliphatic heterocycles. The molecule has 0 aliphatic carbocycles. The molecule has 12 heteroatoms. The molecular formula is C35H27ClN6O4S. The van der Waals surface area contributed by atoms with E-state index in [1.165, 1.54) is 52.2 Å². The molecule has 0 fully saturated rings. The third kappa shape index (κ3) is 6.86. The summed E-state index contributed by atoms with van der Waals surface area (Å²) < 4.78 is 0. The second-order valence-corrected chi connectivity index (χ2v) is 11.9. The summed E-state index contributed by atoms with van der Waals surface area (Å²) >= 11 is 7.50. The molecular weight excluding hydrogens is 636 g/mol. The number of non-ortho nitro benzene ring substituents is 1. The number of hydrazone groups is 2. The van der Waals surface area contributed by atoms with Gasteiger partial charge in [0, 0.05) is 44.8 Å². The lowest BCUT2D eigenvalue weighted by molar-refractivity contribution is -0.384. The molecule has 0 atom stereocenters. The van der Waals surface area contributed by atoms with Crippen LogP contribution in [0.4, 0.5) is 16.5 Å². The quantitative estimate of drug-likeness (QED) is 0.0863. The second kappa shape index (κ2) is 13.9. The van der Waals surface area contributed by atoms with Crippen molar-refractivity contribution in [2.75, 3.05) is 10.4 Å². The molecule has 1 N–H and O–H groups in total. The van der Waals surface area contributed by atoms with Gasteiger partial charge in [-0.3, -0.25) is 25.1 Å². The summed E-state index contributed by atoms with van der Waals surface area (Å²) in [5, 5.41) is 24.0. The molecule has 5 aromatic rings. The number of carbonyl (C=O) groups excluding carboxylic acids is 2. The lowest BCUT2D eigenvalue weighted by Crippen LogP contribution is -2.28. The number of nitro groups is 1. The van der Waals surface area contributed by atoms with Gasteiger partial charge in [-0.1, -0.05) is 79.5 Å². The van der Waals surface area contributed by atoms with Crippen LogP contribution in [0.1, 0.15) is 46.8 Å². The number of aryl methyl sites for hydroxylation is 1. The molecule has 0 saturated carbocycles. The zero-order valence-electron chi connectivity index (χ0n) is 25.1. The lowest BCUT2D eigenvalue weighted by Gasteiger charge is -2.10. The highest BCUT2D eigenvalue weighted by Crippen LogP contribution is 2.31. The van der Waals surface area contributed by atoms with Gasteiger partial charge in [-0.25, -0.2) is 4.98 Å². The first kappa shape index (κ1) is 31.5. The van der Waals surface area contributed by atoms with E-state index in [1.807, 2.05) is 23.6 Å². The normalized spacial score (nSPS) is 13.6. The molecule has 2 heterocycles. The van der Waals surface area contributed by atoms with Crippen LogP contribution in [-0.2, 0) is 11.2 Å². The molecule has 0 saturated heterocycles. The Morgan fingerprint density at radius 1 is 1.00 bits per heavy atom. The minimum atomic E-state index is -0.563. The number of nitro benzene ring substituents is 1. The van der Waals surface area contributed by atoms with Crippen LogP contribution in [0.25, 0.3) is 11.3 Å². The molecule has 1 aliphatic rings. The number of nitrogens with one attached hydrogen (secondary N) is 1. The number of unbranched alkanes of at least 4 members (excludes halogenated alkanes) is 1. The van der Waals surface area contributed by atoms with E-state index in [2.05, 4.69) is 34.7 Å². The van der Waals surface area contributed by atoms with Crippen LogP contribution in [0.15, 0.2) is 113 Å². The van der Waals surface area contributed by atoms with Gasteiger partial charge in [0.15, 0.2) is 11.5 Å². The Hall–Kier alpha value is -5.52. The average molecular weight is 663 g/mol. The molecule has 10 nitrogen and oxygen atoms in total. The van der Waals surface area contributed by atoms with Crippen molar-refractivity contribution in [1.29, 1.82) is 0 Å². The fourth-order valence-corrected chi connectivity index (χ4v) is 5.89. The number of benzene rings is 4. The molecule has 0 radical (unpaired) electrons. The van der Waals surface area contributed by atoms with Crippen molar-refractivity contribution < 1.29 is 14.5 Å². The molecule has 234 valence electrons. The summed E-state index contributed by atoms with van der Waals surface area (Å²) in [7, 11) is 0. The Morgan fingerprint density at radius 2 is 1.72 bits per heavy atom. The number of ketones is 1. The predicted molar refractivity (Wildman–Crippen MR) is 186 cm³/mol. The summed E-state index contributed by atoms with van der Waals surface area (Å²) in [5.41, 5.74) is 7.20. The number of hydrogen-bond donors (Lipinski definition) is 1. The summed E-state index contributed by atoms with van der Waals surface area (Å²) in [5.74, 6) is -0.847. The van der Waals surface area contributed by atoms with Crippen LogP contribution >= 0.6 is 22.9 Å². The summed E-state index contributed by atoms with van der Waals surface area (Å²) in [4.78, 5) is 42.7. The van der Waals surface area contributed by atoms with Gasteiger partial charge in [-0.15, -0.1) is 11.3 Å². The van der Waals surface area contributed by atoms with E-state index in [4.69, 9.17) is 16.6 Å². The maximum atomic E-state index is 13.9. The van der Waals surface area contributed by atoms with Crippen LogP contribution in [-0.4, -0.2) is 33.0 Å². The van der Waals surface area contributed by atoms with Gasteiger partial charge in [-0.05, 0) is 48.7 Å². The number of hydrogen-bond acceptors (Lipinski definition) is 9. The van der Waals surface area contributed by atoms with E-state index in [0.29, 0.717) is 32.7 Å². The highest BCUT2D eigenvalue weighted by molar-refractivity contribution is 7.14. The smallest absolute Gasteiger partial charge is 0.289 e. The summed E-state index contributed by atoms with van der Waals surface area (Å²) in [6, 6.07) is 27.3. The predicted octanol–water partition coefficient (Wildman–Crippen LogP) is 8.16. The first-order valence-electron chi connectivity index (χ1n) is 14.8. The molecule has 1 aromatic heterocycles. The zero-order valence-corrected chi connectivity index (χ0v) is 26.7. The third-order valence-electron chi connectivity index (χ3n) is 7.46. The van der Waals surface area contributed by atoms with Crippen molar-refractivity contribution in [3.05, 3.63) is 140 Å². The molecule has 4 aromatic carbocycles. The minimum Gasteiger partial charge on any atom is -0.289 e. The fraction of sp³-hybridized carbons (Fsp3) is 0.114. The van der Waals surface area contributed by atoms with Crippen molar-refractivity contribution in [2.45, 2.75) is 26.2 Å².